The van der Waals surface area contributed by atoms with Crippen molar-refractivity contribution in [1.29, 1.82) is 0 Å². The largest absolute Gasteiger partial charge is 0.508 e. The Labute approximate surface area is 69.9 Å². The number of aliphatic hydroxyl groups is 1. The molecule has 1 N–H and O–H groups in total. The second-order valence-corrected chi connectivity index (χ2v) is 3.01. The Kier molecular flexibility index (Phi) is 1.40. The summed E-state index contributed by atoms with van der Waals surface area (Å²) in [6.45, 7) is 0. The van der Waals surface area contributed by atoms with E-state index in [0.29, 0.717) is 5.76 Å². The van der Waals surface area contributed by atoms with Crippen LogP contribution in [0.5, 0.6) is 0 Å². The fraction of sp³-hybridized carbons (Fsp3) is 0.111. The lowest BCUT2D eigenvalue weighted by atomic mass is 10.1. The van der Waals surface area contributed by atoms with E-state index < -0.39 is 0 Å². The minimum absolute atomic E-state index is 0.161. The molecule has 56 valence electrons. The van der Waals surface area contributed by atoms with Crippen LogP contribution in [0, 0.1) is 0 Å². The van der Waals surface area contributed by atoms with Crippen LogP contribution in [-0.2, 0) is 0 Å². The summed E-state index contributed by atoms with van der Waals surface area (Å²) in [5, 5.41) is 9.17. The average Bonchev–Trinajstić information content (AvgIpc) is 2.30. The first-order chi connectivity index (χ1) is 5.29. The standard InChI is InChI=1S/C9H7ClO/c10-8-5-9(11)7-4-2-1-3-6(7)8/h1-5,8,11H. The monoisotopic (exact) mass is 166 g/mol. The van der Waals surface area contributed by atoms with Gasteiger partial charge in [0, 0.05) is 5.56 Å². The molecule has 0 saturated carbocycles. The van der Waals surface area contributed by atoms with Crippen LogP contribution in [0.2, 0.25) is 0 Å². The van der Waals surface area contributed by atoms with Gasteiger partial charge in [-0.3, -0.25) is 0 Å². The molecule has 0 aromatic heterocycles. The third-order valence-electron chi connectivity index (χ3n) is 1.84. The van der Waals surface area contributed by atoms with Gasteiger partial charge in [-0.2, -0.15) is 0 Å². The molecule has 0 radical (unpaired) electrons. The molecule has 0 amide bonds. The second kappa shape index (κ2) is 2.28. The summed E-state index contributed by atoms with van der Waals surface area (Å²) in [6.07, 6.45) is 1.65. The molecule has 1 aromatic carbocycles. The topological polar surface area (TPSA) is 20.2 Å². The van der Waals surface area contributed by atoms with Gasteiger partial charge >= 0.3 is 0 Å². The first-order valence-corrected chi connectivity index (χ1v) is 3.87. The number of hydrogen-bond acceptors (Lipinski definition) is 1. The van der Waals surface area contributed by atoms with E-state index >= 15 is 0 Å². The van der Waals surface area contributed by atoms with Crippen LogP contribution in [0.25, 0.3) is 5.76 Å². The van der Waals surface area contributed by atoms with Crippen LogP contribution in [-0.4, -0.2) is 5.11 Å². The number of aliphatic hydroxyl groups excluding tert-OH is 1. The predicted octanol–water partition coefficient (Wildman–Crippen LogP) is 2.88. The third-order valence-corrected chi connectivity index (χ3v) is 2.20. The number of benzene rings is 1. The van der Waals surface area contributed by atoms with Crippen molar-refractivity contribution < 1.29 is 5.11 Å². The molecule has 0 spiro atoms. The first-order valence-electron chi connectivity index (χ1n) is 3.43. The van der Waals surface area contributed by atoms with Crippen molar-refractivity contribution in [2.24, 2.45) is 0 Å². The van der Waals surface area contributed by atoms with Gasteiger partial charge in [-0.1, -0.05) is 24.3 Å². The molecule has 2 rings (SSSR count). The number of allylic oxidation sites excluding steroid dienone is 1. The van der Waals surface area contributed by atoms with Gasteiger partial charge in [-0.15, -0.1) is 11.6 Å². The molecular weight excluding hydrogens is 160 g/mol. The Bertz CT molecular complexity index is 317. The quantitative estimate of drug-likeness (QED) is 0.588. The van der Waals surface area contributed by atoms with E-state index in [1.165, 1.54) is 0 Å². The van der Waals surface area contributed by atoms with Crippen LogP contribution >= 0.6 is 11.6 Å². The molecule has 1 aliphatic carbocycles. The molecule has 1 nitrogen and oxygen atoms in total. The first kappa shape index (κ1) is 6.74. The fourth-order valence-electron chi connectivity index (χ4n) is 1.29. The molecular formula is C9H7ClO. The molecule has 1 unspecified atom stereocenters. The normalized spacial score (nSPS) is 21.2. The maximum Gasteiger partial charge on any atom is 0.120 e. The molecule has 11 heavy (non-hydrogen) atoms. The van der Waals surface area contributed by atoms with Gasteiger partial charge in [-0.25, -0.2) is 0 Å². The SMILES string of the molecule is OC1=CC(Cl)c2ccccc21. The highest BCUT2D eigenvalue weighted by molar-refractivity contribution is 6.23. The molecule has 0 aliphatic heterocycles. The highest BCUT2D eigenvalue weighted by Crippen LogP contribution is 2.36. The zero-order valence-electron chi connectivity index (χ0n) is 5.79. The fourth-order valence-corrected chi connectivity index (χ4v) is 1.60. The van der Waals surface area contributed by atoms with Crippen LogP contribution in [0.4, 0.5) is 0 Å². The van der Waals surface area contributed by atoms with Gasteiger partial charge < -0.3 is 5.11 Å². The highest BCUT2D eigenvalue weighted by Gasteiger charge is 2.19. The predicted molar refractivity (Wildman–Crippen MR) is 45.6 cm³/mol. The molecule has 0 heterocycles. The van der Waals surface area contributed by atoms with Gasteiger partial charge in [0.15, 0.2) is 0 Å². The van der Waals surface area contributed by atoms with Gasteiger partial charge in [0.05, 0.1) is 5.38 Å². The van der Waals surface area contributed by atoms with E-state index in [0.717, 1.165) is 11.1 Å². The van der Waals surface area contributed by atoms with E-state index in [2.05, 4.69) is 0 Å². The molecule has 1 atom stereocenters. The molecule has 1 aliphatic rings. The smallest absolute Gasteiger partial charge is 0.120 e. The number of fused-ring (bicyclic) bond motifs is 1. The van der Waals surface area contributed by atoms with Gasteiger partial charge in [0.2, 0.25) is 0 Å². The lowest BCUT2D eigenvalue weighted by molar-refractivity contribution is 0.513. The number of halogens is 1. The third kappa shape index (κ3) is 0.925. The molecule has 1 aromatic rings. The second-order valence-electron chi connectivity index (χ2n) is 2.54. The average molecular weight is 167 g/mol. The zero-order chi connectivity index (χ0) is 7.84. The van der Waals surface area contributed by atoms with Crippen molar-refractivity contribution >= 4 is 17.4 Å². The Morgan fingerprint density at radius 3 is 2.73 bits per heavy atom. The van der Waals surface area contributed by atoms with Crippen LogP contribution in [0.3, 0.4) is 0 Å². The minimum atomic E-state index is -0.161. The summed E-state index contributed by atoms with van der Waals surface area (Å²) in [7, 11) is 0. The van der Waals surface area contributed by atoms with Crippen molar-refractivity contribution in [3.05, 3.63) is 41.5 Å². The van der Waals surface area contributed by atoms with Crippen LogP contribution in [0.15, 0.2) is 30.3 Å². The number of alkyl halides is 1. The number of hydrogen-bond donors (Lipinski definition) is 1. The van der Waals surface area contributed by atoms with Gasteiger partial charge in [0.25, 0.3) is 0 Å². The maximum atomic E-state index is 9.33. The molecule has 0 fully saturated rings. The summed E-state index contributed by atoms with van der Waals surface area (Å²) >= 11 is 5.90. The summed E-state index contributed by atoms with van der Waals surface area (Å²) in [4.78, 5) is 0. The van der Waals surface area contributed by atoms with Crippen molar-refractivity contribution in [3.63, 3.8) is 0 Å². The summed E-state index contributed by atoms with van der Waals surface area (Å²) in [6, 6.07) is 7.59. The van der Waals surface area contributed by atoms with E-state index in [9.17, 15) is 5.11 Å². The van der Waals surface area contributed by atoms with Crippen LogP contribution in [0.1, 0.15) is 16.5 Å². The van der Waals surface area contributed by atoms with E-state index in [1.807, 2.05) is 24.3 Å². The summed E-state index contributed by atoms with van der Waals surface area (Å²) in [5.74, 6) is 0.292. The Morgan fingerprint density at radius 1 is 1.27 bits per heavy atom. The zero-order valence-corrected chi connectivity index (χ0v) is 6.55. The minimum Gasteiger partial charge on any atom is -0.508 e. The molecule has 0 bridgehead atoms. The lowest BCUT2D eigenvalue weighted by Gasteiger charge is -2.00. The van der Waals surface area contributed by atoms with Crippen LogP contribution < -0.4 is 0 Å². The van der Waals surface area contributed by atoms with E-state index in [1.54, 1.807) is 6.08 Å². The lowest BCUT2D eigenvalue weighted by Crippen LogP contribution is -1.83. The van der Waals surface area contributed by atoms with Crippen molar-refractivity contribution in [1.82, 2.24) is 0 Å². The van der Waals surface area contributed by atoms with Crippen molar-refractivity contribution in [2.45, 2.75) is 5.38 Å². The Hall–Kier alpha value is -0.950. The Morgan fingerprint density at radius 2 is 2.00 bits per heavy atom. The van der Waals surface area contributed by atoms with Crippen molar-refractivity contribution in [3.8, 4) is 0 Å². The molecule has 0 saturated heterocycles. The molecule has 2 heteroatoms. The number of rotatable bonds is 0. The summed E-state index contributed by atoms with van der Waals surface area (Å²) in [5.41, 5.74) is 1.85. The highest BCUT2D eigenvalue weighted by atomic mass is 35.5. The van der Waals surface area contributed by atoms with E-state index in [-0.39, 0.29) is 5.38 Å². The van der Waals surface area contributed by atoms with Gasteiger partial charge in [-0.05, 0) is 11.6 Å². The maximum absolute atomic E-state index is 9.33. The Balaban J connectivity index is 2.62. The van der Waals surface area contributed by atoms with E-state index in [4.69, 9.17) is 11.6 Å². The van der Waals surface area contributed by atoms with Crippen molar-refractivity contribution in [2.75, 3.05) is 0 Å². The van der Waals surface area contributed by atoms with Gasteiger partial charge in [0.1, 0.15) is 5.76 Å². The summed E-state index contributed by atoms with van der Waals surface area (Å²) < 4.78 is 0.